The van der Waals surface area contributed by atoms with E-state index in [1.165, 1.54) is 6.07 Å². The lowest BCUT2D eigenvalue weighted by Gasteiger charge is -2.24. The number of hydrogen-bond acceptors (Lipinski definition) is 9. The van der Waals surface area contributed by atoms with Crippen molar-refractivity contribution in [1.29, 1.82) is 5.26 Å². The van der Waals surface area contributed by atoms with Gasteiger partial charge in [-0.15, -0.1) is 11.3 Å². The number of hydrogen-bond donors (Lipinski definition) is 3. The number of thiophene rings is 1. The van der Waals surface area contributed by atoms with Gasteiger partial charge in [0.2, 0.25) is 11.5 Å². The molecule has 0 saturated heterocycles. The summed E-state index contributed by atoms with van der Waals surface area (Å²) in [6, 6.07) is 3.86. The van der Waals surface area contributed by atoms with Crippen molar-refractivity contribution in [2.45, 2.75) is 23.2 Å². The lowest BCUT2D eigenvalue weighted by atomic mass is 10.1. The molecule has 0 amide bonds. The minimum Gasteiger partial charge on any atom is -0.768 e. The van der Waals surface area contributed by atoms with Crippen molar-refractivity contribution in [3.63, 3.8) is 0 Å². The molecule has 1 unspecified atom stereocenters. The van der Waals surface area contributed by atoms with Crippen molar-refractivity contribution in [2.24, 2.45) is 0 Å². The van der Waals surface area contributed by atoms with Crippen LogP contribution in [0, 0.1) is 23.0 Å². The fourth-order valence-corrected chi connectivity index (χ4v) is 7.31. The van der Waals surface area contributed by atoms with Gasteiger partial charge in [0.15, 0.2) is 19.2 Å². The lowest BCUT2D eigenvalue weighted by molar-refractivity contribution is -0.369. The Balaban J connectivity index is 1.89. The zero-order chi connectivity index (χ0) is 31.3. The van der Waals surface area contributed by atoms with E-state index in [1.54, 1.807) is 4.72 Å². The Labute approximate surface area is 240 Å². The summed E-state index contributed by atoms with van der Waals surface area (Å²) in [6.45, 7) is 0.825. The third-order valence-corrected chi connectivity index (χ3v) is 9.66. The van der Waals surface area contributed by atoms with E-state index in [2.05, 4.69) is 16.0 Å². The predicted molar refractivity (Wildman–Crippen MR) is 137 cm³/mol. The van der Waals surface area contributed by atoms with Crippen molar-refractivity contribution < 1.29 is 65.3 Å². The van der Waals surface area contributed by atoms with E-state index in [-0.39, 0.29) is 30.6 Å². The number of nitrogens with zero attached hydrogens (tertiary/aromatic N) is 1. The molecule has 11 nitrogen and oxygen atoms in total. The molecule has 7 N–H and O–H groups in total. The van der Waals surface area contributed by atoms with Gasteiger partial charge in [0.25, 0.3) is 10.0 Å². The molecule has 1 heterocycles. The van der Waals surface area contributed by atoms with Crippen molar-refractivity contribution in [1.82, 2.24) is 4.72 Å². The molecule has 230 valence electrons. The van der Waals surface area contributed by atoms with Crippen LogP contribution >= 0.6 is 18.9 Å². The van der Waals surface area contributed by atoms with Gasteiger partial charge in [-0.05, 0) is 24.3 Å². The maximum atomic E-state index is 15.4. The van der Waals surface area contributed by atoms with E-state index in [4.69, 9.17) is 14.7 Å². The summed E-state index contributed by atoms with van der Waals surface area (Å²) in [6.07, 6.45) is -5.61. The van der Waals surface area contributed by atoms with Crippen LogP contribution in [0.15, 0.2) is 28.5 Å². The van der Waals surface area contributed by atoms with Crippen LogP contribution in [0.4, 0.5) is 22.0 Å². The topological polar surface area (TPSA) is 193 Å². The number of ether oxygens (including phenoxy) is 2. The Hall–Kier alpha value is -3.04. The molecule has 0 bridgehead atoms. The van der Waals surface area contributed by atoms with Crippen LogP contribution in [0.5, 0.6) is 17.2 Å². The third kappa shape index (κ3) is 7.86. The minimum atomic E-state index is -5.21. The van der Waals surface area contributed by atoms with E-state index in [0.717, 1.165) is 12.1 Å². The van der Waals surface area contributed by atoms with Crippen molar-refractivity contribution >= 4 is 39.0 Å². The highest BCUT2D eigenvalue weighted by Gasteiger charge is 2.34. The molecule has 0 spiro atoms. The predicted octanol–water partition coefficient (Wildman–Crippen LogP) is 1.96. The molecule has 0 saturated carbocycles. The Morgan fingerprint density at radius 2 is 1.64 bits per heavy atom. The number of fused-ring (bicyclic) bond motifs is 1. The van der Waals surface area contributed by atoms with Crippen LogP contribution in [-0.4, -0.2) is 41.0 Å². The fourth-order valence-electron chi connectivity index (χ4n) is 3.40. The molecular weight excluding hydrogens is 634 g/mol. The van der Waals surface area contributed by atoms with E-state index >= 15 is 8.78 Å². The van der Waals surface area contributed by atoms with Gasteiger partial charge in [-0.3, -0.25) is 4.57 Å². The van der Waals surface area contributed by atoms with Gasteiger partial charge in [0, 0.05) is 18.2 Å². The zero-order valence-corrected chi connectivity index (χ0v) is 24.2. The molecule has 0 aliphatic carbocycles. The Kier molecular flexibility index (Phi) is 10.8. The largest absolute Gasteiger partial charge is 0.768 e. The average molecular weight is 660 g/mol. The molecule has 2 aromatic carbocycles. The fraction of sp³-hybridized carbons (Fsp3) is 0.348. The second-order valence-corrected chi connectivity index (χ2v) is 13.3. The second kappa shape index (κ2) is 13.5. The summed E-state index contributed by atoms with van der Waals surface area (Å²) in [7, 11) is -9.94. The summed E-state index contributed by atoms with van der Waals surface area (Å²) >= 11 is 0.287. The van der Waals surface area contributed by atoms with Gasteiger partial charge in [0.05, 0.1) is 54.5 Å². The first-order valence-electron chi connectivity index (χ1n) is 12.0. The quantitative estimate of drug-likeness (QED) is 0.133. The molecule has 1 atom stereocenters. The van der Waals surface area contributed by atoms with E-state index < -0.39 is 84.4 Å². The Morgan fingerprint density at radius 1 is 1.05 bits per heavy atom. The van der Waals surface area contributed by atoms with Gasteiger partial charge in [-0.25, -0.2) is 21.9 Å². The SMILES string of the molecule is N#Cc1ccc(OP(=O)([O-])CNS(=O)(=O)c2cc3c(F)c(OCCC[NH3+])c(OCCC[NH3+])c(F)c3s2)cc1C(F)(F)F. The smallest absolute Gasteiger partial charge is 0.417 e. The summed E-state index contributed by atoms with van der Waals surface area (Å²) in [5, 5.41) is 8.39. The highest BCUT2D eigenvalue weighted by Crippen LogP contribution is 2.45. The lowest BCUT2D eigenvalue weighted by Crippen LogP contribution is -2.50. The van der Waals surface area contributed by atoms with Gasteiger partial charge in [-0.2, -0.15) is 18.4 Å². The minimum absolute atomic E-state index is 0.0301. The number of halogens is 5. The molecule has 3 aromatic rings. The van der Waals surface area contributed by atoms with E-state index in [1.807, 2.05) is 0 Å². The number of alkyl halides is 3. The number of benzene rings is 2. The number of nitrogens with one attached hydrogen (secondary N) is 1. The number of quaternary nitrogens is 2. The van der Waals surface area contributed by atoms with Gasteiger partial charge in [0.1, 0.15) is 9.96 Å². The average Bonchev–Trinajstić information content (AvgIpc) is 3.39. The van der Waals surface area contributed by atoms with E-state index in [0.29, 0.717) is 32.0 Å². The van der Waals surface area contributed by atoms with Gasteiger partial charge >= 0.3 is 6.18 Å². The molecule has 3 rings (SSSR count). The van der Waals surface area contributed by atoms with Crippen molar-refractivity contribution in [2.75, 3.05) is 32.6 Å². The van der Waals surface area contributed by atoms with Crippen molar-refractivity contribution in [3.8, 4) is 23.3 Å². The highest BCUT2D eigenvalue weighted by atomic mass is 32.2. The van der Waals surface area contributed by atoms with Crippen LogP contribution in [-0.2, 0) is 20.8 Å². The summed E-state index contributed by atoms with van der Waals surface area (Å²) in [5.41, 5.74) is 5.02. The van der Waals surface area contributed by atoms with Crippen LogP contribution in [0.2, 0.25) is 0 Å². The monoisotopic (exact) mass is 659 g/mol. The summed E-state index contributed by atoms with van der Waals surface area (Å²) in [4.78, 5) is 12.4. The molecule has 0 fully saturated rings. The standard InChI is InChI=1S/C23H24F5N4O7PS2/c24-18-15-10-17(41-22(15)19(25)21(38-8-2-6-30)20(18)37-7-1-5-29)42(35,36)32-12-40(33,34)39-14-4-3-13(11-31)16(9-14)23(26,27)28/h3-4,9-10,32H,1-2,5-8,12,29-30H2,(H,33,34)/p+1. The molecule has 1 aromatic heterocycles. The van der Waals surface area contributed by atoms with Gasteiger partial charge < -0.3 is 30.4 Å². The Morgan fingerprint density at radius 3 is 2.19 bits per heavy atom. The van der Waals surface area contributed by atoms with Crippen LogP contribution in [0.1, 0.15) is 24.0 Å². The first kappa shape index (κ1) is 33.5. The second-order valence-electron chi connectivity index (χ2n) is 8.53. The van der Waals surface area contributed by atoms with Crippen molar-refractivity contribution in [3.05, 3.63) is 47.0 Å². The first-order valence-corrected chi connectivity index (χ1v) is 16.1. The highest BCUT2D eigenvalue weighted by molar-refractivity contribution is 7.92. The zero-order valence-electron chi connectivity index (χ0n) is 21.6. The maximum Gasteiger partial charge on any atom is 0.417 e. The molecule has 19 heteroatoms. The Bertz CT molecular complexity index is 1590. The van der Waals surface area contributed by atoms with Gasteiger partial charge in [-0.1, -0.05) is 0 Å². The van der Waals surface area contributed by atoms with Crippen LogP contribution in [0.3, 0.4) is 0 Å². The third-order valence-electron chi connectivity index (χ3n) is 5.41. The maximum absolute atomic E-state index is 15.4. The van der Waals surface area contributed by atoms with E-state index in [9.17, 15) is 31.0 Å². The summed E-state index contributed by atoms with van der Waals surface area (Å²) < 4.78 is 124. The van der Waals surface area contributed by atoms with Crippen LogP contribution < -0.4 is 35.1 Å². The molecule has 0 radical (unpaired) electrons. The molecular formula is C23H25F5N4O7PS2+. The number of sulfonamides is 1. The van der Waals surface area contributed by atoms with Crippen LogP contribution in [0.25, 0.3) is 10.1 Å². The number of rotatable bonds is 14. The molecule has 42 heavy (non-hydrogen) atoms. The first-order chi connectivity index (χ1) is 19.6. The molecule has 0 aliphatic heterocycles. The summed E-state index contributed by atoms with van der Waals surface area (Å²) in [5.74, 6) is -4.13. The molecule has 0 aliphatic rings. The number of nitriles is 1. The normalized spacial score (nSPS) is 13.5.